The van der Waals surface area contributed by atoms with Crippen molar-refractivity contribution in [3.63, 3.8) is 0 Å². The molecule has 2 heterocycles. The van der Waals surface area contributed by atoms with Crippen molar-refractivity contribution >= 4 is 5.69 Å². The van der Waals surface area contributed by atoms with Crippen molar-refractivity contribution in [3.8, 4) is 5.75 Å². The van der Waals surface area contributed by atoms with Crippen molar-refractivity contribution in [1.82, 2.24) is 4.90 Å². The van der Waals surface area contributed by atoms with E-state index in [9.17, 15) is 13.9 Å². The summed E-state index contributed by atoms with van der Waals surface area (Å²) in [5.74, 6) is -0.551. The molecule has 0 aromatic heterocycles. The minimum absolute atomic E-state index is 0.168. The van der Waals surface area contributed by atoms with Gasteiger partial charge in [-0.25, -0.2) is 8.78 Å². The Kier molecular flexibility index (Phi) is 6.98. The number of hydrogen-bond donors (Lipinski definition) is 1. The third-order valence-electron chi connectivity index (χ3n) is 6.70. The van der Waals surface area contributed by atoms with Crippen LogP contribution in [0.3, 0.4) is 0 Å². The van der Waals surface area contributed by atoms with Gasteiger partial charge in [-0.3, -0.25) is 4.90 Å². The van der Waals surface area contributed by atoms with Gasteiger partial charge < -0.3 is 19.5 Å². The molecule has 4 rings (SSSR count). The molecule has 7 heteroatoms. The van der Waals surface area contributed by atoms with Crippen LogP contribution in [0.25, 0.3) is 0 Å². The number of anilines is 1. The van der Waals surface area contributed by atoms with Crippen LogP contribution in [0.5, 0.6) is 5.75 Å². The summed E-state index contributed by atoms with van der Waals surface area (Å²) in [4.78, 5) is 4.87. The number of aliphatic hydroxyl groups excluding tert-OH is 1. The zero-order valence-corrected chi connectivity index (χ0v) is 18.8. The first-order valence-electron chi connectivity index (χ1n) is 11.3. The third kappa shape index (κ3) is 4.90. The second-order valence-electron chi connectivity index (χ2n) is 9.12. The fourth-order valence-corrected chi connectivity index (χ4v) is 4.68. The Morgan fingerprint density at radius 1 is 1.09 bits per heavy atom. The molecule has 0 spiro atoms. The Bertz CT molecular complexity index is 901. The van der Waals surface area contributed by atoms with E-state index in [1.165, 1.54) is 17.8 Å². The molecule has 2 saturated heterocycles. The summed E-state index contributed by atoms with van der Waals surface area (Å²) < 4.78 is 39.3. The molecule has 2 atom stereocenters. The number of piperazine rings is 1. The number of nitrogens with zero attached hydrogens (tertiary/aromatic N) is 2. The van der Waals surface area contributed by atoms with E-state index >= 15 is 0 Å². The second-order valence-corrected chi connectivity index (χ2v) is 9.12. The molecule has 5 nitrogen and oxygen atoms in total. The summed E-state index contributed by atoms with van der Waals surface area (Å²) in [6, 6.07) is 12.1. The van der Waals surface area contributed by atoms with Gasteiger partial charge in [0.1, 0.15) is 24.0 Å². The Hall–Kier alpha value is -2.22. The van der Waals surface area contributed by atoms with E-state index in [4.69, 9.17) is 9.47 Å². The molecule has 2 fully saturated rings. The maximum Gasteiger partial charge on any atom is 0.130 e. The zero-order valence-electron chi connectivity index (χ0n) is 18.8. The largest absolute Gasteiger partial charge is 0.491 e. The number of benzene rings is 2. The van der Waals surface area contributed by atoms with E-state index in [0.29, 0.717) is 19.1 Å². The molecule has 2 aliphatic heterocycles. The molecule has 32 heavy (non-hydrogen) atoms. The smallest absolute Gasteiger partial charge is 0.130 e. The maximum atomic E-state index is 14.3. The van der Waals surface area contributed by atoms with E-state index in [1.54, 1.807) is 0 Å². The Morgan fingerprint density at radius 2 is 1.81 bits per heavy atom. The molecule has 174 valence electrons. The Balaban J connectivity index is 1.31. The van der Waals surface area contributed by atoms with Crippen LogP contribution < -0.4 is 9.64 Å². The Morgan fingerprint density at radius 3 is 2.44 bits per heavy atom. The quantitative estimate of drug-likeness (QED) is 0.704. The maximum absolute atomic E-state index is 14.3. The monoisotopic (exact) mass is 446 g/mol. The SMILES string of the molecule is CC(C)N1CCN(c2ccc(OC[C@@H]3C[C@](CO)(c4ccc(F)cc4F)CO3)cc2)CC1. The van der Waals surface area contributed by atoms with E-state index in [1.807, 2.05) is 12.1 Å². The van der Waals surface area contributed by atoms with Crippen molar-refractivity contribution in [1.29, 1.82) is 0 Å². The van der Waals surface area contributed by atoms with Gasteiger partial charge in [0.15, 0.2) is 0 Å². The molecule has 0 saturated carbocycles. The summed E-state index contributed by atoms with van der Waals surface area (Å²) in [5.41, 5.74) is 0.586. The molecule has 0 unspecified atom stereocenters. The standard InChI is InChI=1S/C25H32F2N2O3/c1-18(2)28-9-11-29(12-10-28)20-4-6-21(7-5-20)31-15-22-14-25(16-30,17-32-22)23-8-3-19(26)13-24(23)27/h3-8,13,18,22,30H,9-12,14-17H2,1-2H3/t22-,25+/m0/s1. The van der Waals surface area contributed by atoms with Crippen LogP contribution in [0.4, 0.5) is 14.5 Å². The summed E-state index contributed by atoms with van der Waals surface area (Å²) in [6.07, 6.45) is 0.125. The van der Waals surface area contributed by atoms with Gasteiger partial charge in [0.25, 0.3) is 0 Å². The highest BCUT2D eigenvalue weighted by Gasteiger charge is 2.43. The van der Waals surface area contributed by atoms with Crippen LogP contribution in [0.2, 0.25) is 0 Å². The lowest BCUT2D eigenvalue weighted by atomic mass is 9.79. The molecule has 2 aromatic carbocycles. The van der Waals surface area contributed by atoms with Crippen molar-refractivity contribution in [2.24, 2.45) is 0 Å². The predicted molar refractivity (Wildman–Crippen MR) is 120 cm³/mol. The lowest BCUT2D eigenvalue weighted by molar-refractivity contribution is 0.0609. The van der Waals surface area contributed by atoms with Crippen LogP contribution in [-0.4, -0.2) is 68.2 Å². The second kappa shape index (κ2) is 9.73. The van der Waals surface area contributed by atoms with Gasteiger partial charge in [0.2, 0.25) is 0 Å². The first-order valence-corrected chi connectivity index (χ1v) is 11.3. The highest BCUT2D eigenvalue weighted by Crippen LogP contribution is 2.38. The first-order chi connectivity index (χ1) is 15.4. The minimum Gasteiger partial charge on any atom is -0.491 e. The number of rotatable bonds is 7. The molecule has 0 amide bonds. The summed E-state index contributed by atoms with van der Waals surface area (Å²) in [7, 11) is 0. The topological polar surface area (TPSA) is 45.2 Å². The Labute approximate surface area is 188 Å². The molecular weight excluding hydrogens is 414 g/mol. The van der Waals surface area contributed by atoms with Crippen LogP contribution in [0.1, 0.15) is 25.8 Å². The van der Waals surface area contributed by atoms with Crippen molar-refractivity contribution < 1.29 is 23.4 Å². The van der Waals surface area contributed by atoms with Gasteiger partial charge >= 0.3 is 0 Å². The number of hydrogen-bond acceptors (Lipinski definition) is 5. The zero-order chi connectivity index (χ0) is 22.7. The fourth-order valence-electron chi connectivity index (χ4n) is 4.68. The van der Waals surface area contributed by atoms with Gasteiger partial charge in [-0.15, -0.1) is 0 Å². The van der Waals surface area contributed by atoms with Crippen LogP contribution >= 0.6 is 0 Å². The highest BCUT2D eigenvalue weighted by molar-refractivity contribution is 5.49. The highest BCUT2D eigenvalue weighted by atomic mass is 19.1. The third-order valence-corrected chi connectivity index (χ3v) is 6.70. The average Bonchev–Trinajstić information content (AvgIpc) is 3.22. The van der Waals surface area contributed by atoms with E-state index in [0.717, 1.165) is 38.0 Å². The lowest BCUT2D eigenvalue weighted by Gasteiger charge is -2.38. The van der Waals surface area contributed by atoms with Gasteiger partial charge in [0.05, 0.1) is 19.3 Å². The number of halogens is 2. The van der Waals surface area contributed by atoms with Gasteiger partial charge in [-0.05, 0) is 56.2 Å². The normalized spacial score (nSPS) is 24.3. The number of ether oxygens (including phenoxy) is 2. The van der Waals surface area contributed by atoms with E-state index < -0.39 is 17.0 Å². The molecule has 0 aliphatic carbocycles. The van der Waals surface area contributed by atoms with Gasteiger partial charge in [0, 0.05) is 49.4 Å². The molecule has 0 radical (unpaired) electrons. The molecular formula is C25H32F2N2O3. The summed E-state index contributed by atoms with van der Waals surface area (Å²) in [5, 5.41) is 9.98. The first kappa shape index (κ1) is 23.0. The average molecular weight is 447 g/mol. The lowest BCUT2D eigenvalue weighted by Crippen LogP contribution is -2.48. The number of aliphatic hydroxyl groups is 1. The summed E-state index contributed by atoms with van der Waals surface area (Å²) in [6.45, 7) is 8.82. The van der Waals surface area contributed by atoms with Crippen LogP contribution in [0, 0.1) is 11.6 Å². The van der Waals surface area contributed by atoms with Crippen molar-refractivity contribution in [2.45, 2.75) is 37.8 Å². The van der Waals surface area contributed by atoms with Crippen LogP contribution in [-0.2, 0) is 10.2 Å². The van der Waals surface area contributed by atoms with E-state index in [2.05, 4.69) is 35.8 Å². The van der Waals surface area contributed by atoms with Gasteiger partial charge in [-0.1, -0.05) is 6.07 Å². The molecule has 1 N–H and O–H groups in total. The van der Waals surface area contributed by atoms with Crippen LogP contribution in [0.15, 0.2) is 42.5 Å². The molecule has 2 aromatic rings. The van der Waals surface area contributed by atoms with Crippen molar-refractivity contribution in [2.75, 3.05) is 50.9 Å². The predicted octanol–water partition coefficient (Wildman–Crippen LogP) is 3.59. The van der Waals surface area contributed by atoms with E-state index in [-0.39, 0.29) is 24.9 Å². The van der Waals surface area contributed by atoms with Gasteiger partial charge in [-0.2, -0.15) is 0 Å². The fraction of sp³-hybridized carbons (Fsp3) is 0.520. The summed E-state index contributed by atoms with van der Waals surface area (Å²) >= 11 is 0. The molecule has 2 aliphatic rings. The minimum atomic E-state index is -0.881. The van der Waals surface area contributed by atoms with Crippen molar-refractivity contribution in [3.05, 3.63) is 59.7 Å². The molecule has 0 bridgehead atoms.